The van der Waals surface area contributed by atoms with Gasteiger partial charge in [-0.1, -0.05) is 6.07 Å². The standard InChI is InChI=1S/C19H24FN3O6/c1-12(19(27)29-3)21-17(25)15-10-22(7-8-23(15)16(24)11-28-2)18(26)13-5-4-6-14(20)9-13/h4-6,9,12,15H,7-8,10-11H2,1-3H3,(H,21,25). The fourth-order valence-corrected chi connectivity index (χ4v) is 3.05. The molecule has 1 heterocycles. The van der Waals surface area contributed by atoms with Crippen LogP contribution in [0.3, 0.4) is 0 Å². The van der Waals surface area contributed by atoms with Crippen LogP contribution in [0.1, 0.15) is 17.3 Å². The van der Waals surface area contributed by atoms with Crippen molar-refractivity contribution < 1.29 is 33.0 Å². The molecular weight excluding hydrogens is 385 g/mol. The number of methoxy groups -OCH3 is 2. The van der Waals surface area contributed by atoms with E-state index in [1.165, 1.54) is 49.1 Å². The lowest BCUT2D eigenvalue weighted by Gasteiger charge is -2.40. The Morgan fingerprint density at radius 3 is 2.59 bits per heavy atom. The summed E-state index contributed by atoms with van der Waals surface area (Å²) in [6.45, 7) is 1.37. The summed E-state index contributed by atoms with van der Waals surface area (Å²) in [6.07, 6.45) is 0. The molecule has 2 atom stereocenters. The number of piperazine rings is 1. The molecule has 2 unspecified atom stereocenters. The molecule has 29 heavy (non-hydrogen) atoms. The smallest absolute Gasteiger partial charge is 0.328 e. The first-order valence-electron chi connectivity index (χ1n) is 9.00. The van der Waals surface area contributed by atoms with E-state index in [0.717, 1.165) is 6.07 Å². The van der Waals surface area contributed by atoms with Crippen LogP contribution in [0.2, 0.25) is 0 Å². The second kappa shape index (κ2) is 9.97. The zero-order chi connectivity index (χ0) is 21.6. The van der Waals surface area contributed by atoms with Crippen molar-refractivity contribution in [1.82, 2.24) is 15.1 Å². The van der Waals surface area contributed by atoms with Crippen LogP contribution in [0.25, 0.3) is 0 Å². The third-order valence-corrected chi connectivity index (χ3v) is 4.54. The number of nitrogens with zero attached hydrogens (tertiary/aromatic N) is 2. The summed E-state index contributed by atoms with van der Waals surface area (Å²) in [6, 6.07) is 3.27. The highest BCUT2D eigenvalue weighted by atomic mass is 19.1. The lowest BCUT2D eigenvalue weighted by Crippen LogP contribution is -2.63. The molecule has 1 aliphatic rings. The molecule has 1 fully saturated rings. The molecule has 2 rings (SSSR count). The van der Waals surface area contributed by atoms with Gasteiger partial charge in [0, 0.05) is 25.8 Å². The molecular formula is C19H24FN3O6. The maximum absolute atomic E-state index is 13.5. The van der Waals surface area contributed by atoms with E-state index in [2.05, 4.69) is 10.1 Å². The molecule has 10 heteroatoms. The number of rotatable bonds is 6. The lowest BCUT2D eigenvalue weighted by atomic mass is 10.1. The van der Waals surface area contributed by atoms with E-state index >= 15 is 0 Å². The summed E-state index contributed by atoms with van der Waals surface area (Å²) in [5.41, 5.74) is 0.142. The van der Waals surface area contributed by atoms with Gasteiger partial charge in [-0.2, -0.15) is 0 Å². The van der Waals surface area contributed by atoms with E-state index in [9.17, 15) is 23.6 Å². The average molecular weight is 409 g/mol. The van der Waals surface area contributed by atoms with E-state index < -0.39 is 41.6 Å². The average Bonchev–Trinajstić information content (AvgIpc) is 2.72. The van der Waals surface area contributed by atoms with Crippen LogP contribution in [0.4, 0.5) is 4.39 Å². The van der Waals surface area contributed by atoms with Crippen LogP contribution in [0.15, 0.2) is 24.3 Å². The first kappa shape index (κ1) is 22.3. The summed E-state index contributed by atoms with van der Waals surface area (Å²) >= 11 is 0. The van der Waals surface area contributed by atoms with Crippen molar-refractivity contribution in [2.24, 2.45) is 0 Å². The van der Waals surface area contributed by atoms with Crippen LogP contribution in [0, 0.1) is 5.82 Å². The van der Waals surface area contributed by atoms with Crippen molar-refractivity contribution in [2.45, 2.75) is 19.0 Å². The number of carbonyl (C=O) groups is 4. The van der Waals surface area contributed by atoms with Crippen molar-refractivity contribution in [1.29, 1.82) is 0 Å². The molecule has 0 spiro atoms. The summed E-state index contributed by atoms with van der Waals surface area (Å²) < 4.78 is 22.9. The highest BCUT2D eigenvalue weighted by Gasteiger charge is 2.38. The first-order valence-corrected chi connectivity index (χ1v) is 9.00. The van der Waals surface area contributed by atoms with Gasteiger partial charge in [0.15, 0.2) is 0 Å². The summed E-state index contributed by atoms with van der Waals surface area (Å²) in [4.78, 5) is 52.1. The Hall–Kier alpha value is -3.01. The van der Waals surface area contributed by atoms with Gasteiger partial charge in [0.1, 0.15) is 24.5 Å². The van der Waals surface area contributed by atoms with Gasteiger partial charge < -0.3 is 24.6 Å². The van der Waals surface area contributed by atoms with Gasteiger partial charge in [0.25, 0.3) is 5.91 Å². The molecule has 1 aliphatic heterocycles. The highest BCUT2D eigenvalue weighted by molar-refractivity contribution is 5.96. The predicted molar refractivity (Wildman–Crippen MR) is 99.3 cm³/mol. The van der Waals surface area contributed by atoms with E-state index in [1.54, 1.807) is 0 Å². The third-order valence-electron chi connectivity index (χ3n) is 4.54. The van der Waals surface area contributed by atoms with E-state index in [4.69, 9.17) is 4.74 Å². The number of halogens is 1. The van der Waals surface area contributed by atoms with Crippen LogP contribution in [-0.4, -0.2) is 86.0 Å². The Balaban J connectivity index is 2.20. The van der Waals surface area contributed by atoms with Gasteiger partial charge in [-0.25, -0.2) is 9.18 Å². The van der Waals surface area contributed by atoms with Crippen molar-refractivity contribution in [3.8, 4) is 0 Å². The predicted octanol–water partition coefficient (Wildman–Crippen LogP) is -0.197. The normalized spacial score (nSPS) is 17.4. The van der Waals surface area contributed by atoms with Gasteiger partial charge in [-0.05, 0) is 25.1 Å². The minimum atomic E-state index is -1.03. The fourth-order valence-electron chi connectivity index (χ4n) is 3.05. The molecule has 0 aliphatic carbocycles. The van der Waals surface area contributed by atoms with Crippen molar-refractivity contribution in [2.75, 3.05) is 40.5 Å². The number of nitrogens with one attached hydrogen (secondary N) is 1. The second-order valence-corrected chi connectivity index (χ2v) is 6.55. The second-order valence-electron chi connectivity index (χ2n) is 6.55. The van der Waals surface area contributed by atoms with Crippen LogP contribution >= 0.6 is 0 Å². The van der Waals surface area contributed by atoms with E-state index in [1.807, 2.05) is 0 Å². The monoisotopic (exact) mass is 409 g/mol. The van der Waals surface area contributed by atoms with Crippen molar-refractivity contribution in [3.05, 3.63) is 35.6 Å². The van der Waals surface area contributed by atoms with E-state index in [0.29, 0.717) is 0 Å². The molecule has 1 aromatic carbocycles. The zero-order valence-corrected chi connectivity index (χ0v) is 16.5. The Morgan fingerprint density at radius 1 is 1.24 bits per heavy atom. The van der Waals surface area contributed by atoms with Gasteiger partial charge in [0.05, 0.1) is 13.7 Å². The molecule has 1 saturated heterocycles. The number of hydrogen-bond acceptors (Lipinski definition) is 6. The largest absolute Gasteiger partial charge is 0.467 e. The minimum absolute atomic E-state index is 0.0912. The van der Waals surface area contributed by atoms with Gasteiger partial charge >= 0.3 is 5.97 Å². The Morgan fingerprint density at radius 2 is 1.97 bits per heavy atom. The first-order chi connectivity index (χ1) is 13.8. The van der Waals surface area contributed by atoms with Crippen LogP contribution in [0.5, 0.6) is 0 Å². The molecule has 0 bridgehead atoms. The van der Waals surface area contributed by atoms with Crippen LogP contribution in [-0.2, 0) is 23.9 Å². The SMILES string of the molecule is COCC(=O)N1CCN(C(=O)c2cccc(F)c2)CC1C(=O)NC(C)C(=O)OC. The summed E-state index contributed by atoms with van der Waals surface area (Å²) in [5.74, 6) is -2.68. The molecule has 3 amide bonds. The van der Waals surface area contributed by atoms with Gasteiger partial charge in [-0.3, -0.25) is 14.4 Å². The van der Waals surface area contributed by atoms with E-state index in [-0.39, 0.29) is 31.8 Å². The Labute approximate surface area is 167 Å². The molecule has 158 valence electrons. The maximum atomic E-state index is 13.5. The minimum Gasteiger partial charge on any atom is -0.467 e. The number of hydrogen-bond donors (Lipinski definition) is 1. The maximum Gasteiger partial charge on any atom is 0.328 e. The molecule has 0 aromatic heterocycles. The molecule has 1 N–H and O–H groups in total. The topological polar surface area (TPSA) is 105 Å². The Kier molecular flexibility index (Phi) is 7.66. The van der Waals surface area contributed by atoms with Crippen molar-refractivity contribution >= 4 is 23.7 Å². The summed E-state index contributed by atoms with van der Waals surface area (Å²) in [7, 11) is 2.55. The highest BCUT2D eigenvalue weighted by Crippen LogP contribution is 2.15. The molecule has 0 radical (unpaired) electrons. The zero-order valence-electron chi connectivity index (χ0n) is 16.5. The number of carbonyl (C=O) groups excluding carboxylic acids is 4. The lowest BCUT2D eigenvalue weighted by molar-refractivity contribution is -0.149. The number of amides is 3. The molecule has 9 nitrogen and oxygen atoms in total. The molecule has 1 aromatic rings. The third kappa shape index (κ3) is 5.50. The molecule has 0 saturated carbocycles. The number of benzene rings is 1. The van der Waals surface area contributed by atoms with Crippen molar-refractivity contribution in [3.63, 3.8) is 0 Å². The Bertz CT molecular complexity index is 787. The quantitative estimate of drug-likeness (QED) is 0.653. The van der Waals surface area contributed by atoms with Gasteiger partial charge in [-0.15, -0.1) is 0 Å². The van der Waals surface area contributed by atoms with Gasteiger partial charge in [0.2, 0.25) is 11.8 Å². The number of esters is 1. The number of ether oxygens (including phenoxy) is 2. The fraction of sp³-hybridized carbons (Fsp3) is 0.474. The summed E-state index contributed by atoms with van der Waals surface area (Å²) in [5, 5.41) is 2.49. The van der Waals surface area contributed by atoms with Crippen LogP contribution < -0.4 is 5.32 Å².